The Labute approximate surface area is 267 Å². The van der Waals surface area contributed by atoms with Gasteiger partial charge in [-0.05, 0) is 73.7 Å². The van der Waals surface area contributed by atoms with Crippen molar-refractivity contribution in [3.63, 3.8) is 0 Å². The van der Waals surface area contributed by atoms with Gasteiger partial charge in [0, 0.05) is 17.2 Å². The molecule has 0 spiro atoms. The van der Waals surface area contributed by atoms with Crippen LogP contribution in [-0.2, 0) is 6.61 Å². The molecule has 5 rings (SSSR count). The number of aromatic nitrogens is 2. The maximum atomic E-state index is 13.9. The highest BCUT2D eigenvalue weighted by atomic mass is 16.6. The van der Waals surface area contributed by atoms with E-state index >= 15 is 0 Å². The average molecular weight is 621 g/mol. The van der Waals surface area contributed by atoms with Crippen molar-refractivity contribution in [3.8, 4) is 28.6 Å². The highest BCUT2D eigenvalue weighted by Gasteiger charge is 2.23. The predicted octanol–water partition coefficient (Wildman–Crippen LogP) is 7.58. The summed E-state index contributed by atoms with van der Waals surface area (Å²) in [4.78, 5) is 30.4. The fraction of sp³-hybridized carbons (Fsp3) is 0.250. The Morgan fingerprint density at radius 2 is 1.74 bits per heavy atom. The van der Waals surface area contributed by atoms with Gasteiger partial charge >= 0.3 is 5.69 Å². The molecular weight excluding hydrogens is 584 g/mol. The van der Waals surface area contributed by atoms with Crippen LogP contribution in [0.25, 0.3) is 22.3 Å². The van der Waals surface area contributed by atoms with E-state index in [9.17, 15) is 14.9 Å². The van der Waals surface area contributed by atoms with Crippen molar-refractivity contribution in [1.82, 2.24) is 9.66 Å². The first-order valence-electron chi connectivity index (χ1n) is 15.0. The van der Waals surface area contributed by atoms with Crippen LogP contribution < -0.4 is 19.8 Å². The molecule has 0 radical (unpaired) electrons. The van der Waals surface area contributed by atoms with Gasteiger partial charge in [-0.15, -0.1) is 0 Å². The Morgan fingerprint density at radius 1 is 1.00 bits per heavy atom. The lowest BCUT2D eigenvalue weighted by atomic mass is 9.96. The second kappa shape index (κ2) is 13.6. The number of benzene rings is 4. The fourth-order valence-corrected chi connectivity index (χ4v) is 5.16. The summed E-state index contributed by atoms with van der Waals surface area (Å²) in [5.41, 5.74) is 4.69. The summed E-state index contributed by atoms with van der Waals surface area (Å²) in [6.45, 7) is 10.6. The molecule has 0 aliphatic carbocycles. The van der Waals surface area contributed by atoms with Crippen molar-refractivity contribution in [3.05, 3.63) is 121 Å². The number of fused-ring (bicyclic) bond motifs is 1. The zero-order valence-electron chi connectivity index (χ0n) is 26.7. The molecule has 0 unspecified atom stereocenters. The second-order valence-corrected chi connectivity index (χ2v) is 11.2. The SMILES string of the molecule is CCOc1cc(C)c(-c2nc3ccccc3c(=O)n2N=Cc2cc(OC)c(OCc3ccc(C)cc3)c([N+](=O)[O-])c2)cc1C(C)C. The van der Waals surface area contributed by atoms with Gasteiger partial charge in [0.1, 0.15) is 12.4 Å². The summed E-state index contributed by atoms with van der Waals surface area (Å²) in [5.74, 6) is 1.42. The molecule has 0 bridgehead atoms. The van der Waals surface area contributed by atoms with Crippen molar-refractivity contribution < 1.29 is 19.1 Å². The summed E-state index contributed by atoms with van der Waals surface area (Å²) in [5, 5.41) is 17.1. The zero-order chi connectivity index (χ0) is 33.0. The van der Waals surface area contributed by atoms with Crippen molar-refractivity contribution in [1.29, 1.82) is 0 Å². The summed E-state index contributed by atoms with van der Waals surface area (Å²) in [7, 11) is 1.41. The minimum Gasteiger partial charge on any atom is -0.494 e. The Kier molecular flexibility index (Phi) is 9.46. The summed E-state index contributed by atoms with van der Waals surface area (Å²) in [6.07, 6.45) is 1.38. The van der Waals surface area contributed by atoms with Gasteiger partial charge < -0.3 is 14.2 Å². The van der Waals surface area contributed by atoms with Crippen molar-refractivity contribution in [2.75, 3.05) is 13.7 Å². The van der Waals surface area contributed by atoms with E-state index in [-0.39, 0.29) is 35.3 Å². The normalized spacial score (nSPS) is 11.4. The van der Waals surface area contributed by atoms with Crippen LogP contribution in [0, 0.1) is 24.0 Å². The Morgan fingerprint density at radius 3 is 2.41 bits per heavy atom. The molecule has 46 heavy (non-hydrogen) atoms. The first-order chi connectivity index (χ1) is 22.1. The molecule has 1 aromatic heterocycles. The zero-order valence-corrected chi connectivity index (χ0v) is 26.7. The molecule has 0 amide bonds. The molecule has 0 aliphatic rings. The van der Waals surface area contributed by atoms with Crippen molar-refractivity contribution in [2.45, 2.75) is 47.1 Å². The van der Waals surface area contributed by atoms with Crippen LogP contribution in [0.4, 0.5) is 5.69 Å². The topological polar surface area (TPSA) is 118 Å². The third-order valence-electron chi connectivity index (χ3n) is 7.57. The molecule has 10 heteroatoms. The summed E-state index contributed by atoms with van der Waals surface area (Å²) >= 11 is 0. The first kappa shape index (κ1) is 31.9. The van der Waals surface area contributed by atoms with Gasteiger partial charge in [0.05, 0.1) is 35.8 Å². The smallest absolute Gasteiger partial charge is 0.315 e. The van der Waals surface area contributed by atoms with Crippen LogP contribution >= 0.6 is 0 Å². The number of rotatable bonds is 11. The Hall–Kier alpha value is -5.51. The van der Waals surface area contributed by atoms with Gasteiger partial charge in [0.25, 0.3) is 5.56 Å². The van der Waals surface area contributed by atoms with Gasteiger partial charge in [-0.1, -0.05) is 55.8 Å². The number of nitro benzene ring substituents is 1. The maximum Gasteiger partial charge on any atom is 0.315 e. The molecule has 10 nitrogen and oxygen atoms in total. The maximum absolute atomic E-state index is 13.9. The van der Waals surface area contributed by atoms with Crippen LogP contribution in [0.5, 0.6) is 17.2 Å². The van der Waals surface area contributed by atoms with E-state index < -0.39 is 4.92 Å². The number of para-hydroxylation sites is 1. The molecule has 5 aromatic rings. The lowest BCUT2D eigenvalue weighted by Gasteiger charge is -2.18. The van der Waals surface area contributed by atoms with Crippen LogP contribution in [0.2, 0.25) is 0 Å². The van der Waals surface area contributed by atoms with E-state index in [0.717, 1.165) is 33.6 Å². The first-order valence-corrected chi connectivity index (χ1v) is 15.0. The largest absolute Gasteiger partial charge is 0.494 e. The minimum atomic E-state index is -0.532. The van der Waals surface area contributed by atoms with Crippen LogP contribution in [-0.4, -0.2) is 34.5 Å². The summed E-state index contributed by atoms with van der Waals surface area (Å²) in [6, 6.07) is 21.6. The van der Waals surface area contributed by atoms with Gasteiger partial charge in [-0.2, -0.15) is 9.78 Å². The van der Waals surface area contributed by atoms with E-state index in [0.29, 0.717) is 28.9 Å². The number of methoxy groups -OCH3 is 1. The molecule has 1 heterocycles. The molecule has 4 aromatic carbocycles. The quantitative estimate of drug-likeness (QED) is 0.0848. The number of nitrogens with zero attached hydrogens (tertiary/aromatic N) is 4. The van der Waals surface area contributed by atoms with E-state index in [2.05, 4.69) is 18.9 Å². The van der Waals surface area contributed by atoms with Gasteiger partial charge in [0.2, 0.25) is 5.75 Å². The van der Waals surface area contributed by atoms with Gasteiger partial charge in [0.15, 0.2) is 11.6 Å². The summed E-state index contributed by atoms with van der Waals surface area (Å²) < 4.78 is 18.5. The number of ether oxygens (including phenoxy) is 3. The monoisotopic (exact) mass is 620 g/mol. The van der Waals surface area contributed by atoms with Crippen LogP contribution in [0.1, 0.15) is 54.5 Å². The number of hydrogen-bond acceptors (Lipinski definition) is 8. The van der Waals surface area contributed by atoms with Crippen LogP contribution in [0.3, 0.4) is 0 Å². The number of nitro groups is 1. The van der Waals surface area contributed by atoms with Gasteiger partial charge in [-0.3, -0.25) is 14.9 Å². The van der Waals surface area contributed by atoms with E-state index in [1.165, 1.54) is 24.1 Å². The standard InChI is InChI=1S/C36H36N4O6/c1-7-45-32-16-24(5)29(19-28(32)22(2)3)35-38-30-11-9-8-10-27(30)36(41)39(35)37-20-26-17-31(40(42)43)34(33(18-26)44-6)46-21-25-14-12-23(4)13-15-25/h8-20,22H,7,21H2,1-6H3. The molecular formula is C36H36N4O6. The molecule has 0 saturated carbocycles. The van der Waals surface area contributed by atoms with E-state index in [4.69, 9.17) is 19.2 Å². The predicted molar refractivity (Wildman–Crippen MR) is 180 cm³/mol. The highest BCUT2D eigenvalue weighted by molar-refractivity contribution is 5.84. The Bertz CT molecular complexity index is 2000. The third kappa shape index (κ3) is 6.61. The second-order valence-electron chi connectivity index (χ2n) is 11.2. The molecule has 0 fully saturated rings. The van der Waals surface area contributed by atoms with Gasteiger partial charge in [-0.25, -0.2) is 4.98 Å². The molecule has 0 N–H and O–H groups in total. The van der Waals surface area contributed by atoms with E-state index in [1.54, 1.807) is 24.3 Å². The van der Waals surface area contributed by atoms with Crippen molar-refractivity contribution in [2.24, 2.45) is 5.10 Å². The number of hydrogen-bond donors (Lipinski definition) is 0. The molecule has 236 valence electrons. The molecule has 0 saturated heterocycles. The van der Waals surface area contributed by atoms with E-state index in [1.807, 2.05) is 63.2 Å². The highest BCUT2D eigenvalue weighted by Crippen LogP contribution is 2.39. The molecule has 0 aliphatic heterocycles. The minimum absolute atomic E-state index is 0.00156. The Balaban J connectivity index is 1.63. The lowest BCUT2D eigenvalue weighted by molar-refractivity contribution is -0.386. The number of aryl methyl sites for hydroxylation is 2. The fourth-order valence-electron chi connectivity index (χ4n) is 5.16. The average Bonchev–Trinajstić information content (AvgIpc) is 3.04. The van der Waals surface area contributed by atoms with Crippen molar-refractivity contribution >= 4 is 22.8 Å². The molecule has 0 atom stereocenters. The third-order valence-corrected chi connectivity index (χ3v) is 7.57. The van der Waals surface area contributed by atoms with Crippen LogP contribution in [0.15, 0.2) is 82.7 Å². The lowest BCUT2D eigenvalue weighted by Crippen LogP contribution is -2.21.